The number of hydrogen-bond acceptors (Lipinski definition) is 1. The molecule has 0 unspecified atom stereocenters. The summed E-state index contributed by atoms with van der Waals surface area (Å²) in [6.07, 6.45) is 4.71. The molecule has 2 atom stereocenters. The van der Waals surface area contributed by atoms with Crippen LogP contribution in [0.3, 0.4) is 0 Å². The van der Waals surface area contributed by atoms with Crippen LogP contribution in [-0.2, 0) is 0 Å². The van der Waals surface area contributed by atoms with Gasteiger partial charge in [0.2, 0.25) is 0 Å². The Morgan fingerprint density at radius 1 is 1.22 bits per heavy atom. The number of halogens is 2. The summed E-state index contributed by atoms with van der Waals surface area (Å²) >= 11 is 11.8. The number of nitrogens with one attached hydrogen (secondary N) is 1. The summed E-state index contributed by atoms with van der Waals surface area (Å²) in [6, 6.07) is 5.26. The standard InChI is InChI=1S/C14H17Cl2NO/c1-9-4-2-3-5-13(9)17-14(18)10-6-7-11(15)12(16)8-10/h6-9,13H,2-5H2,1H3,(H,17,18)/t9-,13-/m1/s1. The topological polar surface area (TPSA) is 29.1 Å². The number of carbonyl (C=O) groups excluding carboxylic acids is 1. The van der Waals surface area contributed by atoms with E-state index in [0.29, 0.717) is 21.5 Å². The molecular formula is C14H17Cl2NO. The van der Waals surface area contributed by atoms with E-state index >= 15 is 0 Å². The van der Waals surface area contributed by atoms with Gasteiger partial charge in [-0.3, -0.25) is 4.79 Å². The molecular weight excluding hydrogens is 269 g/mol. The van der Waals surface area contributed by atoms with Crippen molar-refractivity contribution in [3.05, 3.63) is 33.8 Å². The highest BCUT2D eigenvalue weighted by atomic mass is 35.5. The van der Waals surface area contributed by atoms with Gasteiger partial charge in [0, 0.05) is 11.6 Å². The second kappa shape index (κ2) is 5.94. The van der Waals surface area contributed by atoms with Gasteiger partial charge in [0.05, 0.1) is 10.0 Å². The molecule has 1 aromatic rings. The Kier molecular flexibility index (Phi) is 4.52. The Morgan fingerprint density at radius 2 is 1.94 bits per heavy atom. The SMILES string of the molecule is C[C@@H]1CCCC[C@H]1NC(=O)c1ccc(Cl)c(Cl)c1. The van der Waals surface area contributed by atoms with Crippen LogP contribution in [0.5, 0.6) is 0 Å². The van der Waals surface area contributed by atoms with E-state index < -0.39 is 0 Å². The van der Waals surface area contributed by atoms with E-state index in [1.54, 1.807) is 18.2 Å². The van der Waals surface area contributed by atoms with E-state index in [2.05, 4.69) is 12.2 Å². The van der Waals surface area contributed by atoms with Crippen molar-refractivity contribution in [2.45, 2.75) is 38.6 Å². The lowest BCUT2D eigenvalue weighted by Crippen LogP contribution is -2.41. The summed E-state index contributed by atoms with van der Waals surface area (Å²) in [4.78, 5) is 12.1. The van der Waals surface area contributed by atoms with Crippen molar-refractivity contribution in [1.82, 2.24) is 5.32 Å². The fourth-order valence-electron chi connectivity index (χ4n) is 2.42. The second-order valence-corrected chi connectivity index (χ2v) is 5.78. The smallest absolute Gasteiger partial charge is 0.251 e. The molecule has 0 heterocycles. The number of amides is 1. The zero-order valence-electron chi connectivity index (χ0n) is 10.4. The molecule has 2 nitrogen and oxygen atoms in total. The van der Waals surface area contributed by atoms with Gasteiger partial charge in [-0.1, -0.05) is 43.0 Å². The molecule has 0 aliphatic heterocycles. The summed E-state index contributed by atoms with van der Waals surface area (Å²) in [7, 11) is 0. The fourth-order valence-corrected chi connectivity index (χ4v) is 2.72. The lowest BCUT2D eigenvalue weighted by molar-refractivity contribution is 0.0910. The molecule has 2 rings (SSSR count). The zero-order valence-corrected chi connectivity index (χ0v) is 11.9. The molecule has 0 radical (unpaired) electrons. The summed E-state index contributed by atoms with van der Waals surface area (Å²) in [6.45, 7) is 2.19. The minimum atomic E-state index is -0.0627. The fraction of sp³-hybridized carbons (Fsp3) is 0.500. The molecule has 98 valence electrons. The van der Waals surface area contributed by atoms with Crippen molar-refractivity contribution in [1.29, 1.82) is 0 Å². The van der Waals surface area contributed by atoms with Crippen LogP contribution >= 0.6 is 23.2 Å². The largest absolute Gasteiger partial charge is 0.349 e. The highest BCUT2D eigenvalue weighted by molar-refractivity contribution is 6.42. The summed E-state index contributed by atoms with van der Waals surface area (Å²) in [5.74, 6) is 0.484. The predicted octanol–water partition coefficient (Wildman–Crippen LogP) is 4.30. The average Bonchev–Trinajstić information content (AvgIpc) is 2.35. The molecule has 1 amide bonds. The van der Waals surface area contributed by atoms with Gasteiger partial charge in [-0.2, -0.15) is 0 Å². The third-order valence-electron chi connectivity index (χ3n) is 3.61. The normalized spacial score (nSPS) is 23.7. The second-order valence-electron chi connectivity index (χ2n) is 4.97. The predicted molar refractivity (Wildman–Crippen MR) is 75.3 cm³/mol. The highest BCUT2D eigenvalue weighted by Gasteiger charge is 2.23. The van der Waals surface area contributed by atoms with Crippen molar-refractivity contribution < 1.29 is 4.79 Å². The Balaban J connectivity index is 2.04. The van der Waals surface area contributed by atoms with Gasteiger partial charge in [0.1, 0.15) is 0 Å². The van der Waals surface area contributed by atoms with Gasteiger partial charge in [-0.05, 0) is 37.0 Å². The quantitative estimate of drug-likeness (QED) is 0.862. The summed E-state index contributed by atoms with van der Waals surface area (Å²) in [5.41, 5.74) is 0.571. The Bertz CT molecular complexity index is 447. The molecule has 4 heteroatoms. The third-order valence-corrected chi connectivity index (χ3v) is 4.35. The lowest BCUT2D eigenvalue weighted by Gasteiger charge is -2.29. The van der Waals surface area contributed by atoms with Crippen LogP contribution < -0.4 is 5.32 Å². The first-order valence-electron chi connectivity index (χ1n) is 6.34. The summed E-state index contributed by atoms with van der Waals surface area (Å²) in [5, 5.41) is 3.98. The molecule has 18 heavy (non-hydrogen) atoms. The molecule has 0 saturated heterocycles. The van der Waals surface area contributed by atoms with Gasteiger partial charge in [-0.15, -0.1) is 0 Å². The Morgan fingerprint density at radius 3 is 2.61 bits per heavy atom. The van der Waals surface area contributed by atoms with E-state index in [4.69, 9.17) is 23.2 Å². The van der Waals surface area contributed by atoms with E-state index in [1.165, 1.54) is 19.3 Å². The molecule has 1 fully saturated rings. The maximum Gasteiger partial charge on any atom is 0.251 e. The molecule has 1 aliphatic rings. The van der Waals surface area contributed by atoms with Crippen LogP contribution in [0.25, 0.3) is 0 Å². The van der Waals surface area contributed by atoms with Crippen molar-refractivity contribution in [3.8, 4) is 0 Å². The average molecular weight is 286 g/mol. The maximum atomic E-state index is 12.1. The van der Waals surface area contributed by atoms with Crippen LogP contribution in [0.15, 0.2) is 18.2 Å². The van der Waals surface area contributed by atoms with Crippen LogP contribution in [0, 0.1) is 5.92 Å². The molecule has 1 aliphatic carbocycles. The molecule has 1 N–H and O–H groups in total. The Labute approximate surface area is 118 Å². The van der Waals surface area contributed by atoms with Crippen LogP contribution in [0.1, 0.15) is 43.0 Å². The van der Waals surface area contributed by atoms with Crippen molar-refractivity contribution in [3.63, 3.8) is 0 Å². The van der Waals surface area contributed by atoms with E-state index in [-0.39, 0.29) is 11.9 Å². The van der Waals surface area contributed by atoms with Gasteiger partial charge in [0.15, 0.2) is 0 Å². The first kappa shape index (κ1) is 13.7. The summed E-state index contributed by atoms with van der Waals surface area (Å²) < 4.78 is 0. The monoisotopic (exact) mass is 285 g/mol. The van der Waals surface area contributed by atoms with Gasteiger partial charge in [-0.25, -0.2) is 0 Å². The molecule has 0 spiro atoms. The Hall–Kier alpha value is -0.730. The van der Waals surface area contributed by atoms with Crippen LogP contribution in [-0.4, -0.2) is 11.9 Å². The zero-order chi connectivity index (χ0) is 13.1. The minimum absolute atomic E-state index is 0.0627. The molecule has 1 saturated carbocycles. The maximum absolute atomic E-state index is 12.1. The third kappa shape index (κ3) is 3.18. The molecule has 0 aromatic heterocycles. The lowest BCUT2D eigenvalue weighted by atomic mass is 9.86. The van der Waals surface area contributed by atoms with Crippen LogP contribution in [0.4, 0.5) is 0 Å². The first-order valence-corrected chi connectivity index (χ1v) is 7.09. The number of benzene rings is 1. The van der Waals surface area contributed by atoms with Crippen molar-refractivity contribution in [2.24, 2.45) is 5.92 Å². The van der Waals surface area contributed by atoms with E-state index in [0.717, 1.165) is 6.42 Å². The minimum Gasteiger partial charge on any atom is -0.349 e. The first-order chi connectivity index (χ1) is 8.58. The van der Waals surface area contributed by atoms with Crippen LogP contribution in [0.2, 0.25) is 10.0 Å². The number of carbonyl (C=O) groups is 1. The van der Waals surface area contributed by atoms with Gasteiger partial charge < -0.3 is 5.32 Å². The molecule has 1 aromatic carbocycles. The van der Waals surface area contributed by atoms with E-state index in [9.17, 15) is 4.79 Å². The van der Waals surface area contributed by atoms with Gasteiger partial charge in [0.25, 0.3) is 5.91 Å². The van der Waals surface area contributed by atoms with E-state index in [1.807, 2.05) is 0 Å². The molecule has 0 bridgehead atoms. The highest BCUT2D eigenvalue weighted by Crippen LogP contribution is 2.25. The van der Waals surface area contributed by atoms with Crippen molar-refractivity contribution >= 4 is 29.1 Å². The number of hydrogen-bond donors (Lipinski definition) is 1. The van der Waals surface area contributed by atoms with Crippen molar-refractivity contribution in [2.75, 3.05) is 0 Å². The number of rotatable bonds is 2. The van der Waals surface area contributed by atoms with Gasteiger partial charge >= 0.3 is 0 Å².